The van der Waals surface area contributed by atoms with Crippen LogP contribution in [0.3, 0.4) is 0 Å². The van der Waals surface area contributed by atoms with Crippen LogP contribution in [0.5, 0.6) is 0 Å². The maximum atomic E-state index is 11.1. The molecule has 0 aromatic heterocycles. The fourth-order valence-corrected chi connectivity index (χ4v) is 0.989. The van der Waals surface area contributed by atoms with Gasteiger partial charge in [-0.2, -0.15) is 0 Å². The molecule has 0 aliphatic carbocycles. The molecule has 0 bridgehead atoms. The number of rotatable bonds is 3. The number of anilines is 1. The summed E-state index contributed by atoms with van der Waals surface area (Å²) in [5.41, 5.74) is 1.34. The van der Waals surface area contributed by atoms with E-state index < -0.39 is 0 Å². The van der Waals surface area contributed by atoms with Crippen molar-refractivity contribution >= 4 is 17.9 Å². The van der Waals surface area contributed by atoms with Crippen LogP contribution < -0.4 is 5.32 Å². The Morgan fingerprint density at radius 3 is 2.35 bits per heavy atom. The Morgan fingerprint density at radius 1 is 1.41 bits per heavy atom. The second kappa shape index (κ2) is 8.33. The smallest absolute Gasteiger partial charge is 0.339 e. The lowest BCUT2D eigenvalue weighted by molar-refractivity contribution is -0.110. The second-order valence-electron chi connectivity index (χ2n) is 3.67. The van der Waals surface area contributed by atoms with Crippen LogP contribution >= 0.6 is 0 Å². The maximum Gasteiger partial charge on any atom is 0.339 e. The molecule has 0 saturated heterocycles. The van der Waals surface area contributed by atoms with Gasteiger partial charge in [0.25, 0.3) is 0 Å². The molecule has 0 fully saturated rings. The zero-order valence-corrected chi connectivity index (χ0v) is 10.7. The molecule has 0 heterocycles. The van der Waals surface area contributed by atoms with E-state index in [-0.39, 0.29) is 13.3 Å². The van der Waals surface area contributed by atoms with Crippen molar-refractivity contribution in [3.63, 3.8) is 0 Å². The van der Waals surface area contributed by atoms with Crippen molar-refractivity contribution < 1.29 is 15.8 Å². The minimum Gasteiger partial charge on any atom is -0.465 e. The quantitative estimate of drug-likeness (QED) is 0.650. The molecule has 0 saturated carbocycles. The van der Waals surface area contributed by atoms with Gasteiger partial charge in [-0.3, -0.25) is 0 Å². The van der Waals surface area contributed by atoms with Crippen molar-refractivity contribution in [2.45, 2.75) is 13.8 Å². The lowest BCUT2D eigenvalue weighted by Gasteiger charge is -2.05. The van der Waals surface area contributed by atoms with Gasteiger partial charge in [0.2, 0.25) is 0 Å². The molecule has 1 rings (SSSR count). The van der Waals surface area contributed by atoms with Crippen molar-refractivity contribution in [1.82, 2.24) is 0 Å². The van der Waals surface area contributed by atoms with E-state index in [1.54, 1.807) is 19.2 Å². The monoisotopic (exact) mass is 239 g/mol. The van der Waals surface area contributed by atoms with Crippen LogP contribution in [-0.4, -0.2) is 26.4 Å². The number of esters is 1. The van der Waals surface area contributed by atoms with Crippen molar-refractivity contribution in [1.29, 1.82) is 0 Å². The average Bonchev–Trinajstić information content (AvgIpc) is 2.38. The van der Waals surface area contributed by atoms with E-state index in [0.29, 0.717) is 5.56 Å². The van der Waals surface area contributed by atoms with Gasteiger partial charge >= 0.3 is 5.97 Å². The van der Waals surface area contributed by atoms with Crippen LogP contribution in [0.1, 0.15) is 25.6 Å². The van der Waals surface area contributed by atoms with Gasteiger partial charge in [-0.05, 0) is 12.1 Å². The normalized spacial score (nSPS) is 9.00. The van der Waals surface area contributed by atoms with E-state index in [4.69, 9.17) is 0 Å². The number of methoxy groups -OCH3 is 1. The first-order valence-corrected chi connectivity index (χ1v) is 5.37. The Kier molecular flexibility index (Phi) is 7.43. The number of carbonyl (C=O) groups excluding carboxylic acids is 2. The predicted octanol–water partition coefficient (Wildman–Crippen LogP) is 2.60. The Bertz CT molecular complexity index is 367. The highest BCUT2D eigenvalue weighted by atomic mass is 16.5. The number of hydrogen-bond acceptors (Lipinski definition) is 4. The van der Waals surface area contributed by atoms with E-state index in [2.05, 4.69) is 10.1 Å². The van der Waals surface area contributed by atoms with E-state index in [1.165, 1.54) is 7.11 Å². The molecule has 1 N–H and O–H groups in total. The summed E-state index contributed by atoms with van der Waals surface area (Å²) in [4.78, 5) is 20.6. The number of ether oxygens (including phenoxy) is 1. The fourth-order valence-electron chi connectivity index (χ4n) is 0.989. The molecule has 4 heteroatoms. The molecule has 1 aromatic carbocycles. The Labute approximate surface area is 103 Å². The molecular formula is C13H21NO3. The van der Waals surface area contributed by atoms with Gasteiger partial charge < -0.3 is 14.8 Å². The lowest BCUT2D eigenvalue weighted by atomic mass is 10.2. The molecule has 96 valence electrons. The van der Waals surface area contributed by atoms with E-state index in [0.717, 1.165) is 12.0 Å². The van der Waals surface area contributed by atoms with Gasteiger partial charge in [-0.25, -0.2) is 4.79 Å². The first-order chi connectivity index (χ1) is 8.06. The zero-order chi connectivity index (χ0) is 13.3. The lowest BCUT2D eigenvalue weighted by Crippen LogP contribution is -2.04. The van der Waals surface area contributed by atoms with Crippen LogP contribution in [0.25, 0.3) is 0 Å². The molecule has 0 atom stereocenters. The van der Waals surface area contributed by atoms with Crippen molar-refractivity contribution in [2.24, 2.45) is 5.92 Å². The summed E-state index contributed by atoms with van der Waals surface area (Å²) in [6.07, 6.45) is 0.917. The van der Waals surface area contributed by atoms with Gasteiger partial charge in [-0.15, -0.1) is 0 Å². The van der Waals surface area contributed by atoms with Gasteiger partial charge in [0.05, 0.1) is 12.7 Å². The topological polar surface area (TPSA) is 55.4 Å². The molecule has 0 aliphatic heterocycles. The summed E-state index contributed by atoms with van der Waals surface area (Å²) in [6.45, 7) is 3.71. The van der Waals surface area contributed by atoms with E-state index >= 15 is 0 Å². The molecule has 0 unspecified atom stereocenters. The number of carbonyl (C=O) groups is 2. The molecule has 0 radical (unpaired) electrons. The highest BCUT2D eigenvalue weighted by Gasteiger charge is 2.08. The first kappa shape index (κ1) is 15.2. The number of nitrogens with one attached hydrogen (secondary N) is 1. The Morgan fingerprint density at radius 2 is 1.94 bits per heavy atom. The van der Waals surface area contributed by atoms with Crippen molar-refractivity contribution in [3.05, 3.63) is 29.8 Å². The molecule has 0 spiro atoms. The van der Waals surface area contributed by atoms with Gasteiger partial charge in [0, 0.05) is 20.1 Å². The number of hydrogen-bond donors (Lipinski definition) is 1. The standard InChI is InChI=1S/C9H11NO2.C4H8O.H2/c1-10-8-6-4-3-5-7(8)9(11)12-2;1-4(2)3-5;/h3-6,10H,1-2H3;3-4H,1-2H3;1H. The zero-order valence-electron chi connectivity index (χ0n) is 10.7. The van der Waals surface area contributed by atoms with Crippen molar-refractivity contribution in [2.75, 3.05) is 19.5 Å². The second-order valence-corrected chi connectivity index (χ2v) is 3.67. The largest absolute Gasteiger partial charge is 0.465 e. The molecule has 0 amide bonds. The third-order valence-electron chi connectivity index (χ3n) is 1.87. The van der Waals surface area contributed by atoms with Crippen LogP contribution in [0.4, 0.5) is 5.69 Å². The van der Waals surface area contributed by atoms with Crippen molar-refractivity contribution in [3.8, 4) is 0 Å². The van der Waals surface area contributed by atoms with Crippen LogP contribution in [0, 0.1) is 5.92 Å². The summed E-state index contributed by atoms with van der Waals surface area (Å²) in [7, 11) is 3.14. The Hall–Kier alpha value is -1.84. The fraction of sp³-hybridized carbons (Fsp3) is 0.385. The molecule has 1 aromatic rings. The number of para-hydroxylation sites is 1. The molecule has 0 aliphatic rings. The van der Waals surface area contributed by atoms with E-state index in [1.807, 2.05) is 26.0 Å². The van der Waals surface area contributed by atoms with Gasteiger partial charge in [-0.1, -0.05) is 26.0 Å². The molecule has 4 nitrogen and oxygen atoms in total. The number of benzene rings is 1. The van der Waals surface area contributed by atoms with Gasteiger partial charge in [0.15, 0.2) is 0 Å². The SMILES string of the molecule is CC(C)C=O.CNc1ccccc1C(=O)OC.[HH]. The maximum absolute atomic E-state index is 11.1. The van der Waals surface area contributed by atoms with E-state index in [9.17, 15) is 9.59 Å². The summed E-state index contributed by atoms with van der Waals surface area (Å²) >= 11 is 0. The highest BCUT2D eigenvalue weighted by Crippen LogP contribution is 2.14. The third-order valence-corrected chi connectivity index (χ3v) is 1.87. The minimum atomic E-state index is -0.319. The minimum absolute atomic E-state index is 0. The number of aldehydes is 1. The first-order valence-electron chi connectivity index (χ1n) is 5.37. The van der Waals surface area contributed by atoms with Crippen LogP contribution in [0.2, 0.25) is 0 Å². The summed E-state index contributed by atoms with van der Waals surface area (Å²) in [5.74, 6) is -0.116. The highest BCUT2D eigenvalue weighted by molar-refractivity contribution is 5.95. The summed E-state index contributed by atoms with van der Waals surface area (Å²) in [5, 5.41) is 2.91. The molecular weight excluding hydrogens is 218 g/mol. The van der Waals surface area contributed by atoms with Crippen LogP contribution in [-0.2, 0) is 9.53 Å². The third kappa shape index (κ3) is 5.70. The summed E-state index contributed by atoms with van der Waals surface area (Å²) < 4.78 is 4.60. The van der Waals surface area contributed by atoms with Gasteiger partial charge in [0.1, 0.15) is 6.29 Å². The Balaban J connectivity index is 0. The predicted molar refractivity (Wildman–Crippen MR) is 70.3 cm³/mol. The summed E-state index contributed by atoms with van der Waals surface area (Å²) in [6, 6.07) is 7.20. The average molecular weight is 239 g/mol. The van der Waals surface area contributed by atoms with Crippen LogP contribution in [0.15, 0.2) is 24.3 Å². The molecule has 17 heavy (non-hydrogen) atoms.